The number of rotatable bonds is 5. The third-order valence-corrected chi connectivity index (χ3v) is 2.47. The van der Waals surface area contributed by atoms with Crippen LogP contribution in [0.1, 0.15) is 18.7 Å². The number of aromatic amines is 1. The average Bonchev–Trinajstić information content (AvgIpc) is 2.79. The normalized spacial score (nSPS) is 10.6. The summed E-state index contributed by atoms with van der Waals surface area (Å²) >= 11 is 0. The van der Waals surface area contributed by atoms with Crippen LogP contribution in [0.25, 0.3) is 11.3 Å². The Labute approximate surface area is 94.9 Å². The van der Waals surface area contributed by atoms with Crippen LogP contribution in [0.3, 0.4) is 0 Å². The highest BCUT2D eigenvalue weighted by atomic mass is 14.9. The molecule has 0 aliphatic carbocycles. The van der Waals surface area contributed by atoms with E-state index in [-0.39, 0.29) is 0 Å². The summed E-state index contributed by atoms with van der Waals surface area (Å²) in [6.45, 7) is 0.746. The molecule has 0 aliphatic heterocycles. The average molecular weight is 216 g/mol. The molecule has 2 rings (SSSR count). The summed E-state index contributed by atoms with van der Waals surface area (Å²) in [5.74, 6) is 1.02. The number of H-pyrrole nitrogens is 1. The number of pyridine rings is 1. The molecular formula is C12H16N4. The zero-order chi connectivity index (χ0) is 11.2. The van der Waals surface area contributed by atoms with Gasteiger partial charge in [-0.05, 0) is 31.5 Å². The first-order chi connectivity index (χ1) is 7.90. The fraction of sp³-hybridized carbons (Fsp3) is 0.333. The van der Waals surface area contributed by atoms with Gasteiger partial charge < -0.3 is 10.7 Å². The van der Waals surface area contributed by atoms with Crippen LogP contribution in [-0.4, -0.2) is 21.5 Å². The summed E-state index contributed by atoms with van der Waals surface area (Å²) in [5, 5.41) is 0. The van der Waals surface area contributed by atoms with E-state index >= 15 is 0 Å². The van der Waals surface area contributed by atoms with Gasteiger partial charge in [-0.15, -0.1) is 0 Å². The van der Waals surface area contributed by atoms with Crippen molar-refractivity contribution >= 4 is 0 Å². The third kappa shape index (κ3) is 2.67. The number of aryl methyl sites for hydroxylation is 1. The van der Waals surface area contributed by atoms with Crippen molar-refractivity contribution in [3.63, 3.8) is 0 Å². The molecule has 0 saturated carbocycles. The number of unbranched alkanes of at least 4 members (excludes halogenated alkanes) is 1. The third-order valence-electron chi connectivity index (χ3n) is 2.47. The Balaban J connectivity index is 2.02. The Morgan fingerprint density at radius 3 is 2.94 bits per heavy atom. The molecule has 0 aromatic carbocycles. The van der Waals surface area contributed by atoms with Crippen LogP contribution >= 0.6 is 0 Å². The zero-order valence-electron chi connectivity index (χ0n) is 9.19. The Hall–Kier alpha value is -1.68. The van der Waals surface area contributed by atoms with Gasteiger partial charge >= 0.3 is 0 Å². The van der Waals surface area contributed by atoms with Gasteiger partial charge in [0.2, 0.25) is 0 Å². The van der Waals surface area contributed by atoms with Crippen molar-refractivity contribution in [3.8, 4) is 11.3 Å². The largest absolute Gasteiger partial charge is 0.342 e. The van der Waals surface area contributed by atoms with Gasteiger partial charge in [0.15, 0.2) is 0 Å². The van der Waals surface area contributed by atoms with Gasteiger partial charge in [-0.3, -0.25) is 4.98 Å². The van der Waals surface area contributed by atoms with E-state index in [0.29, 0.717) is 0 Å². The van der Waals surface area contributed by atoms with Crippen molar-refractivity contribution in [1.82, 2.24) is 15.0 Å². The van der Waals surface area contributed by atoms with Crippen LogP contribution in [0.5, 0.6) is 0 Å². The standard InChI is InChI=1S/C12H16N4/c13-6-2-1-5-12-15-9-11(16-12)10-4-3-7-14-8-10/h3-4,7-9H,1-2,5-6,13H2,(H,15,16). The number of imidazole rings is 1. The molecule has 0 bridgehead atoms. The topological polar surface area (TPSA) is 67.6 Å². The number of hydrogen-bond acceptors (Lipinski definition) is 3. The Morgan fingerprint density at radius 2 is 2.19 bits per heavy atom. The summed E-state index contributed by atoms with van der Waals surface area (Å²) < 4.78 is 0. The minimum absolute atomic E-state index is 0.746. The summed E-state index contributed by atoms with van der Waals surface area (Å²) in [7, 11) is 0. The van der Waals surface area contributed by atoms with E-state index < -0.39 is 0 Å². The van der Waals surface area contributed by atoms with Crippen molar-refractivity contribution in [1.29, 1.82) is 0 Å². The lowest BCUT2D eigenvalue weighted by atomic mass is 10.2. The van der Waals surface area contributed by atoms with Crippen LogP contribution in [0.2, 0.25) is 0 Å². The number of hydrogen-bond donors (Lipinski definition) is 2. The van der Waals surface area contributed by atoms with Crippen molar-refractivity contribution < 1.29 is 0 Å². The minimum Gasteiger partial charge on any atom is -0.342 e. The number of aromatic nitrogens is 3. The van der Waals surface area contributed by atoms with Crippen LogP contribution in [0, 0.1) is 0 Å². The van der Waals surface area contributed by atoms with Gasteiger partial charge in [-0.1, -0.05) is 0 Å². The predicted molar refractivity (Wildman–Crippen MR) is 63.8 cm³/mol. The fourth-order valence-corrected chi connectivity index (χ4v) is 1.60. The molecule has 4 heteroatoms. The molecule has 3 N–H and O–H groups in total. The highest BCUT2D eigenvalue weighted by Crippen LogP contribution is 2.15. The second kappa shape index (κ2) is 5.42. The van der Waals surface area contributed by atoms with E-state index in [1.54, 1.807) is 6.20 Å². The van der Waals surface area contributed by atoms with Crippen LogP contribution in [0.15, 0.2) is 30.7 Å². The van der Waals surface area contributed by atoms with E-state index in [9.17, 15) is 0 Å². The molecule has 0 unspecified atom stereocenters. The van der Waals surface area contributed by atoms with Crippen molar-refractivity contribution in [2.45, 2.75) is 19.3 Å². The van der Waals surface area contributed by atoms with Crippen LogP contribution in [-0.2, 0) is 6.42 Å². The molecule has 2 heterocycles. The van der Waals surface area contributed by atoms with E-state index in [2.05, 4.69) is 15.0 Å². The summed E-state index contributed by atoms with van der Waals surface area (Å²) in [6.07, 6.45) is 8.53. The van der Waals surface area contributed by atoms with E-state index in [1.807, 2.05) is 24.5 Å². The minimum atomic E-state index is 0.746. The van der Waals surface area contributed by atoms with Crippen molar-refractivity contribution in [2.75, 3.05) is 6.54 Å². The molecule has 16 heavy (non-hydrogen) atoms. The Morgan fingerprint density at radius 1 is 1.25 bits per heavy atom. The lowest BCUT2D eigenvalue weighted by Gasteiger charge is -1.96. The van der Waals surface area contributed by atoms with Crippen molar-refractivity contribution in [3.05, 3.63) is 36.5 Å². The maximum Gasteiger partial charge on any atom is 0.106 e. The van der Waals surface area contributed by atoms with E-state index in [1.165, 1.54) is 0 Å². The maximum absolute atomic E-state index is 5.45. The first kappa shape index (κ1) is 10.8. The highest BCUT2D eigenvalue weighted by molar-refractivity contribution is 5.56. The second-order valence-corrected chi connectivity index (χ2v) is 3.73. The molecule has 2 aromatic heterocycles. The van der Waals surface area contributed by atoms with Gasteiger partial charge in [0.05, 0.1) is 11.9 Å². The number of nitrogens with zero attached hydrogens (tertiary/aromatic N) is 2. The number of nitrogens with two attached hydrogens (primary N) is 1. The second-order valence-electron chi connectivity index (χ2n) is 3.73. The molecule has 0 amide bonds. The molecule has 4 nitrogen and oxygen atoms in total. The quantitative estimate of drug-likeness (QED) is 0.748. The van der Waals surface area contributed by atoms with Crippen LogP contribution < -0.4 is 5.73 Å². The highest BCUT2D eigenvalue weighted by Gasteiger charge is 2.02. The molecule has 0 atom stereocenters. The van der Waals surface area contributed by atoms with Gasteiger partial charge in [0.25, 0.3) is 0 Å². The fourth-order valence-electron chi connectivity index (χ4n) is 1.60. The predicted octanol–water partition coefficient (Wildman–Crippen LogP) is 1.75. The molecule has 2 aromatic rings. The van der Waals surface area contributed by atoms with Crippen LogP contribution in [0.4, 0.5) is 0 Å². The molecule has 0 aliphatic rings. The SMILES string of the molecule is NCCCCc1ncc(-c2cccnc2)[nH]1. The summed E-state index contributed by atoms with van der Waals surface area (Å²) in [5.41, 5.74) is 7.54. The molecule has 0 saturated heterocycles. The van der Waals surface area contributed by atoms with Gasteiger partial charge in [0, 0.05) is 24.4 Å². The van der Waals surface area contributed by atoms with Gasteiger partial charge in [-0.2, -0.15) is 0 Å². The number of nitrogens with one attached hydrogen (secondary N) is 1. The first-order valence-corrected chi connectivity index (χ1v) is 5.54. The zero-order valence-corrected chi connectivity index (χ0v) is 9.19. The van der Waals surface area contributed by atoms with Gasteiger partial charge in [-0.25, -0.2) is 4.98 Å². The Kier molecular flexibility index (Phi) is 3.66. The summed E-state index contributed by atoms with van der Waals surface area (Å²) in [6, 6.07) is 3.94. The molecule has 0 radical (unpaired) electrons. The lowest BCUT2D eigenvalue weighted by molar-refractivity contribution is 0.723. The molecule has 84 valence electrons. The summed E-state index contributed by atoms with van der Waals surface area (Å²) in [4.78, 5) is 11.7. The monoisotopic (exact) mass is 216 g/mol. The van der Waals surface area contributed by atoms with Crippen molar-refractivity contribution in [2.24, 2.45) is 5.73 Å². The molecule has 0 spiro atoms. The first-order valence-electron chi connectivity index (χ1n) is 5.54. The molecule has 0 fully saturated rings. The Bertz CT molecular complexity index is 422. The lowest BCUT2D eigenvalue weighted by Crippen LogP contribution is -1.99. The smallest absolute Gasteiger partial charge is 0.106 e. The van der Waals surface area contributed by atoms with Gasteiger partial charge in [0.1, 0.15) is 5.82 Å². The van der Waals surface area contributed by atoms with E-state index in [4.69, 9.17) is 5.73 Å². The van der Waals surface area contributed by atoms with E-state index in [0.717, 1.165) is 42.9 Å². The maximum atomic E-state index is 5.45. The molecular weight excluding hydrogens is 200 g/mol.